The molecule has 2 heterocycles. The number of nitrogens with one attached hydrogen (secondary N) is 2. The fourth-order valence-corrected chi connectivity index (χ4v) is 4.02. The van der Waals surface area contributed by atoms with Crippen LogP contribution in [0.15, 0.2) is 29.3 Å². The van der Waals surface area contributed by atoms with E-state index in [1.807, 2.05) is 19.2 Å². The van der Waals surface area contributed by atoms with E-state index in [0.717, 1.165) is 36.5 Å². The topological polar surface area (TPSA) is 45.7 Å². The molecule has 1 fully saturated rings. The third kappa shape index (κ3) is 4.68. The van der Waals surface area contributed by atoms with Crippen molar-refractivity contribution in [3.05, 3.63) is 29.8 Å². The summed E-state index contributed by atoms with van der Waals surface area (Å²) in [6.07, 6.45) is 3.83. The Morgan fingerprint density at radius 2 is 2.14 bits per heavy atom. The summed E-state index contributed by atoms with van der Waals surface area (Å²) < 4.78 is 5.93. The SMILES string of the molecule is CN=C(NCC1Cc2ccccc2O1)NCC1CCCS1.I. The molecule has 2 aliphatic rings. The van der Waals surface area contributed by atoms with Crippen molar-refractivity contribution in [3.63, 3.8) is 0 Å². The van der Waals surface area contributed by atoms with Crippen LogP contribution in [0.4, 0.5) is 0 Å². The lowest BCUT2D eigenvalue weighted by atomic mass is 10.1. The van der Waals surface area contributed by atoms with Gasteiger partial charge in [-0.05, 0) is 30.2 Å². The molecule has 2 atom stereocenters. The monoisotopic (exact) mass is 433 g/mol. The van der Waals surface area contributed by atoms with Crippen LogP contribution >= 0.6 is 35.7 Å². The van der Waals surface area contributed by atoms with Gasteiger partial charge in [-0.2, -0.15) is 11.8 Å². The molecule has 0 aliphatic carbocycles. The number of hydrogen-bond donors (Lipinski definition) is 2. The van der Waals surface area contributed by atoms with Crippen LogP contribution in [0.1, 0.15) is 18.4 Å². The van der Waals surface area contributed by atoms with Gasteiger partial charge in [0.25, 0.3) is 0 Å². The van der Waals surface area contributed by atoms with E-state index in [1.54, 1.807) is 0 Å². The molecule has 6 heteroatoms. The highest BCUT2D eigenvalue weighted by molar-refractivity contribution is 14.0. The molecule has 0 aromatic heterocycles. The Balaban J connectivity index is 0.00000176. The zero-order valence-corrected chi connectivity index (χ0v) is 16.0. The number of guanidine groups is 1. The quantitative estimate of drug-likeness (QED) is 0.436. The van der Waals surface area contributed by atoms with Crippen molar-refractivity contribution in [2.75, 3.05) is 25.9 Å². The summed E-state index contributed by atoms with van der Waals surface area (Å²) in [5.74, 6) is 3.20. The molecule has 1 saturated heterocycles. The van der Waals surface area contributed by atoms with Crippen molar-refractivity contribution in [2.24, 2.45) is 4.99 Å². The first-order valence-electron chi connectivity index (χ1n) is 7.66. The Morgan fingerprint density at radius 3 is 2.86 bits per heavy atom. The van der Waals surface area contributed by atoms with Crippen molar-refractivity contribution >= 4 is 41.7 Å². The van der Waals surface area contributed by atoms with Crippen LogP contribution in [0.2, 0.25) is 0 Å². The fraction of sp³-hybridized carbons (Fsp3) is 0.562. The predicted octanol–water partition coefficient (Wildman–Crippen LogP) is 2.67. The van der Waals surface area contributed by atoms with E-state index in [-0.39, 0.29) is 30.1 Å². The number of aliphatic imine (C=N–C) groups is 1. The average molecular weight is 433 g/mol. The Hall–Kier alpha value is -0.630. The Kier molecular flexibility index (Phi) is 7.14. The molecule has 2 aliphatic heterocycles. The number of nitrogens with zero attached hydrogens (tertiary/aromatic N) is 1. The van der Waals surface area contributed by atoms with Crippen LogP contribution in [0.5, 0.6) is 5.75 Å². The highest BCUT2D eigenvalue weighted by Gasteiger charge is 2.22. The average Bonchev–Trinajstić information content (AvgIpc) is 3.16. The molecule has 2 N–H and O–H groups in total. The molecule has 122 valence electrons. The van der Waals surface area contributed by atoms with Crippen LogP contribution in [0, 0.1) is 0 Å². The van der Waals surface area contributed by atoms with Gasteiger partial charge in [0.2, 0.25) is 0 Å². The van der Waals surface area contributed by atoms with Crippen LogP contribution in [0.3, 0.4) is 0 Å². The van der Waals surface area contributed by atoms with Gasteiger partial charge in [0.05, 0.1) is 6.54 Å². The number of rotatable bonds is 4. The van der Waals surface area contributed by atoms with E-state index in [2.05, 4.69) is 39.5 Å². The molecular weight excluding hydrogens is 409 g/mol. The van der Waals surface area contributed by atoms with E-state index in [0.29, 0.717) is 0 Å². The first kappa shape index (κ1) is 17.7. The molecule has 4 nitrogen and oxygen atoms in total. The summed E-state index contributed by atoms with van der Waals surface area (Å²) in [5.41, 5.74) is 1.30. The second kappa shape index (κ2) is 8.86. The molecule has 22 heavy (non-hydrogen) atoms. The lowest BCUT2D eigenvalue weighted by Crippen LogP contribution is -2.44. The summed E-state index contributed by atoms with van der Waals surface area (Å²) in [4.78, 5) is 4.29. The zero-order chi connectivity index (χ0) is 14.5. The standard InChI is InChI=1S/C16H23N3OS.HI/c1-17-16(19-11-14-6-4-8-21-14)18-10-13-9-12-5-2-3-7-15(12)20-13;/h2-3,5,7,13-14H,4,6,8-11H2,1H3,(H2,17,18,19);1H. The van der Waals surface area contributed by atoms with E-state index < -0.39 is 0 Å². The lowest BCUT2D eigenvalue weighted by molar-refractivity contribution is 0.235. The molecule has 1 aromatic carbocycles. The largest absolute Gasteiger partial charge is 0.488 e. The number of fused-ring (bicyclic) bond motifs is 1. The molecule has 0 saturated carbocycles. The van der Waals surface area contributed by atoms with Crippen LogP contribution in [-0.2, 0) is 6.42 Å². The third-order valence-corrected chi connectivity index (χ3v) is 5.35. The molecule has 2 unspecified atom stereocenters. The van der Waals surface area contributed by atoms with Crippen molar-refractivity contribution in [3.8, 4) is 5.75 Å². The summed E-state index contributed by atoms with van der Waals surface area (Å²) in [6, 6.07) is 8.27. The van der Waals surface area contributed by atoms with Gasteiger partial charge in [0.15, 0.2) is 5.96 Å². The van der Waals surface area contributed by atoms with Gasteiger partial charge in [0, 0.05) is 25.3 Å². The van der Waals surface area contributed by atoms with Crippen molar-refractivity contribution in [2.45, 2.75) is 30.6 Å². The van der Waals surface area contributed by atoms with Gasteiger partial charge >= 0.3 is 0 Å². The van der Waals surface area contributed by atoms with Gasteiger partial charge in [0.1, 0.15) is 11.9 Å². The molecule has 1 aromatic rings. The lowest BCUT2D eigenvalue weighted by Gasteiger charge is -2.17. The Labute approximate surface area is 153 Å². The highest BCUT2D eigenvalue weighted by atomic mass is 127. The zero-order valence-electron chi connectivity index (χ0n) is 12.9. The summed E-state index contributed by atoms with van der Waals surface area (Å²) in [6.45, 7) is 1.78. The minimum atomic E-state index is 0. The maximum absolute atomic E-state index is 5.93. The second-order valence-electron chi connectivity index (χ2n) is 5.52. The van der Waals surface area contributed by atoms with Gasteiger partial charge in [-0.25, -0.2) is 0 Å². The number of benzene rings is 1. The van der Waals surface area contributed by atoms with Gasteiger partial charge in [-0.3, -0.25) is 4.99 Å². The molecular formula is C16H24IN3OS. The van der Waals surface area contributed by atoms with Crippen LogP contribution in [0.25, 0.3) is 0 Å². The maximum Gasteiger partial charge on any atom is 0.191 e. The minimum Gasteiger partial charge on any atom is -0.488 e. The minimum absolute atomic E-state index is 0. The van der Waals surface area contributed by atoms with E-state index in [4.69, 9.17) is 4.74 Å². The molecule has 0 radical (unpaired) electrons. The van der Waals surface area contributed by atoms with E-state index in [9.17, 15) is 0 Å². The molecule has 3 rings (SSSR count). The highest BCUT2D eigenvalue weighted by Crippen LogP contribution is 2.27. The van der Waals surface area contributed by atoms with Gasteiger partial charge in [-0.1, -0.05) is 18.2 Å². The summed E-state index contributed by atoms with van der Waals surface area (Å²) in [7, 11) is 1.82. The number of ether oxygens (including phenoxy) is 1. The number of halogens is 1. The smallest absolute Gasteiger partial charge is 0.191 e. The second-order valence-corrected chi connectivity index (χ2v) is 6.93. The van der Waals surface area contributed by atoms with Crippen molar-refractivity contribution in [1.29, 1.82) is 0 Å². The number of para-hydroxylation sites is 1. The van der Waals surface area contributed by atoms with E-state index in [1.165, 1.54) is 24.2 Å². The van der Waals surface area contributed by atoms with Crippen molar-refractivity contribution < 1.29 is 4.74 Å². The van der Waals surface area contributed by atoms with E-state index >= 15 is 0 Å². The van der Waals surface area contributed by atoms with Gasteiger partial charge in [-0.15, -0.1) is 24.0 Å². The summed E-state index contributed by atoms with van der Waals surface area (Å²) >= 11 is 2.06. The van der Waals surface area contributed by atoms with Gasteiger partial charge < -0.3 is 15.4 Å². The predicted molar refractivity (Wildman–Crippen MR) is 105 cm³/mol. The number of hydrogen-bond acceptors (Lipinski definition) is 3. The number of thioether (sulfide) groups is 1. The molecule has 0 amide bonds. The Morgan fingerprint density at radius 1 is 1.32 bits per heavy atom. The Bertz CT molecular complexity index is 481. The first-order chi connectivity index (χ1) is 10.3. The van der Waals surface area contributed by atoms with Crippen molar-refractivity contribution in [1.82, 2.24) is 10.6 Å². The normalized spacial score (nSPS) is 23.4. The van der Waals surface area contributed by atoms with Crippen LogP contribution < -0.4 is 15.4 Å². The third-order valence-electron chi connectivity index (χ3n) is 3.96. The fourth-order valence-electron chi connectivity index (χ4n) is 2.81. The molecule has 0 bridgehead atoms. The first-order valence-corrected chi connectivity index (χ1v) is 8.70. The maximum atomic E-state index is 5.93. The van der Waals surface area contributed by atoms with Crippen LogP contribution in [-0.4, -0.2) is 43.2 Å². The summed E-state index contributed by atoms with van der Waals surface area (Å²) in [5, 5.41) is 7.53. The molecule has 0 spiro atoms.